The van der Waals surface area contributed by atoms with Crippen LogP contribution >= 0.6 is 0 Å². The minimum atomic E-state index is -2.81. The second kappa shape index (κ2) is 5.06. The van der Waals surface area contributed by atoms with Gasteiger partial charge in [0, 0.05) is 17.8 Å². The first kappa shape index (κ1) is 13.0. The molecule has 3 N–H and O–H groups in total. The molecule has 1 aromatic carbocycles. The zero-order valence-electron chi connectivity index (χ0n) is 10.3. The quantitative estimate of drug-likeness (QED) is 0.808. The summed E-state index contributed by atoms with van der Waals surface area (Å²) >= 11 is 0. The third-order valence-corrected chi connectivity index (χ3v) is 4.87. The molecule has 1 heterocycles. The first-order valence-corrected chi connectivity index (χ1v) is 7.73. The second-order valence-corrected chi connectivity index (χ2v) is 6.83. The molecule has 18 heavy (non-hydrogen) atoms. The molecule has 0 amide bonds. The third-order valence-electron chi connectivity index (χ3n) is 3.16. The van der Waals surface area contributed by atoms with Crippen LogP contribution in [-0.4, -0.2) is 33.1 Å². The number of ether oxygens (including phenoxy) is 1. The Kier molecular flexibility index (Phi) is 3.65. The Labute approximate surface area is 107 Å². The lowest BCUT2D eigenvalue weighted by Crippen LogP contribution is -2.32. The molecule has 6 heteroatoms. The highest BCUT2D eigenvalue weighted by atomic mass is 32.2. The van der Waals surface area contributed by atoms with Gasteiger partial charge in [-0.1, -0.05) is 0 Å². The van der Waals surface area contributed by atoms with Crippen LogP contribution in [0.4, 0.5) is 11.4 Å². The highest BCUT2D eigenvalue weighted by Gasteiger charge is 2.23. The van der Waals surface area contributed by atoms with E-state index in [9.17, 15) is 8.42 Å². The summed E-state index contributed by atoms with van der Waals surface area (Å²) in [6, 6.07) is 5.68. The van der Waals surface area contributed by atoms with Crippen LogP contribution in [0.2, 0.25) is 0 Å². The lowest BCUT2D eigenvalue weighted by atomic mass is 10.1. The molecule has 5 nitrogen and oxygen atoms in total. The van der Waals surface area contributed by atoms with Crippen molar-refractivity contribution in [1.82, 2.24) is 0 Å². The smallest absolute Gasteiger partial charge is 0.150 e. The van der Waals surface area contributed by atoms with Gasteiger partial charge in [-0.2, -0.15) is 0 Å². The molecule has 1 aliphatic heterocycles. The summed E-state index contributed by atoms with van der Waals surface area (Å²) in [4.78, 5) is 0. The fourth-order valence-electron chi connectivity index (χ4n) is 2.07. The maximum atomic E-state index is 11.3. The van der Waals surface area contributed by atoms with Gasteiger partial charge < -0.3 is 15.8 Å². The Balaban J connectivity index is 2.02. The molecule has 0 atom stereocenters. The molecule has 0 saturated carbocycles. The molecule has 1 aliphatic rings. The van der Waals surface area contributed by atoms with Crippen LogP contribution in [0.3, 0.4) is 0 Å². The van der Waals surface area contributed by atoms with Crippen molar-refractivity contribution >= 4 is 21.2 Å². The van der Waals surface area contributed by atoms with Crippen LogP contribution in [0.1, 0.15) is 12.8 Å². The standard InChI is InChI=1S/C12H18N2O3S/c1-17-12-8-10(2-3-11(12)13)14-9-4-6-18(15,16)7-5-9/h2-3,8-9,14H,4-7,13H2,1H3. The number of hydrogen-bond acceptors (Lipinski definition) is 5. The van der Waals surface area contributed by atoms with E-state index in [0.717, 1.165) is 5.69 Å². The molecule has 0 spiro atoms. The molecule has 1 aromatic rings. The Bertz CT molecular complexity index is 514. The maximum Gasteiger partial charge on any atom is 0.150 e. The van der Waals surface area contributed by atoms with Gasteiger partial charge in [-0.25, -0.2) is 8.42 Å². The highest BCUT2D eigenvalue weighted by molar-refractivity contribution is 7.91. The van der Waals surface area contributed by atoms with E-state index in [1.165, 1.54) is 0 Å². The molecule has 0 unspecified atom stereocenters. The Morgan fingerprint density at radius 3 is 2.61 bits per heavy atom. The molecule has 0 bridgehead atoms. The summed E-state index contributed by atoms with van der Waals surface area (Å²) < 4.78 is 27.8. The average molecular weight is 270 g/mol. The molecular formula is C12H18N2O3S. The highest BCUT2D eigenvalue weighted by Crippen LogP contribution is 2.26. The minimum Gasteiger partial charge on any atom is -0.495 e. The molecule has 0 aromatic heterocycles. The summed E-state index contributed by atoms with van der Waals surface area (Å²) in [6.45, 7) is 0. The first-order valence-electron chi connectivity index (χ1n) is 5.90. The number of nitrogens with two attached hydrogens (primary N) is 1. The molecular weight excluding hydrogens is 252 g/mol. The summed E-state index contributed by atoms with van der Waals surface area (Å²) in [5, 5.41) is 3.32. The molecule has 1 saturated heterocycles. The van der Waals surface area contributed by atoms with Crippen molar-refractivity contribution in [2.45, 2.75) is 18.9 Å². The molecule has 2 rings (SSSR count). The van der Waals surface area contributed by atoms with Crippen LogP contribution < -0.4 is 15.8 Å². The van der Waals surface area contributed by atoms with E-state index in [0.29, 0.717) is 24.3 Å². The zero-order chi connectivity index (χ0) is 13.2. The first-order chi connectivity index (χ1) is 8.50. The number of benzene rings is 1. The monoisotopic (exact) mass is 270 g/mol. The Hall–Kier alpha value is -1.43. The van der Waals surface area contributed by atoms with Crippen molar-refractivity contribution in [3.8, 4) is 5.75 Å². The fourth-order valence-corrected chi connectivity index (χ4v) is 3.56. The second-order valence-electron chi connectivity index (χ2n) is 4.53. The topological polar surface area (TPSA) is 81.4 Å². The summed E-state index contributed by atoms with van der Waals surface area (Å²) in [7, 11) is -1.24. The van der Waals surface area contributed by atoms with Gasteiger partial charge in [0.25, 0.3) is 0 Å². The van der Waals surface area contributed by atoms with Crippen molar-refractivity contribution in [2.75, 3.05) is 29.7 Å². The van der Waals surface area contributed by atoms with E-state index < -0.39 is 9.84 Å². The SMILES string of the molecule is COc1cc(NC2CCS(=O)(=O)CC2)ccc1N. The fraction of sp³-hybridized carbons (Fsp3) is 0.500. The number of rotatable bonds is 3. The minimum absolute atomic E-state index is 0.196. The van der Waals surface area contributed by atoms with Gasteiger partial charge in [0.1, 0.15) is 15.6 Å². The van der Waals surface area contributed by atoms with Gasteiger partial charge in [0.05, 0.1) is 24.3 Å². The number of nitrogen functional groups attached to an aromatic ring is 1. The molecule has 0 radical (unpaired) electrons. The van der Waals surface area contributed by atoms with Gasteiger partial charge in [-0.3, -0.25) is 0 Å². The number of methoxy groups -OCH3 is 1. The van der Waals surface area contributed by atoms with E-state index in [1.54, 1.807) is 13.2 Å². The Morgan fingerprint density at radius 2 is 2.00 bits per heavy atom. The van der Waals surface area contributed by atoms with Crippen LogP contribution in [0.25, 0.3) is 0 Å². The van der Waals surface area contributed by atoms with Crippen LogP contribution in [0.15, 0.2) is 18.2 Å². The van der Waals surface area contributed by atoms with E-state index >= 15 is 0 Å². The van der Waals surface area contributed by atoms with Crippen LogP contribution in [0, 0.1) is 0 Å². The van der Waals surface area contributed by atoms with Gasteiger partial charge in [0.15, 0.2) is 0 Å². The van der Waals surface area contributed by atoms with E-state index in [-0.39, 0.29) is 17.5 Å². The van der Waals surface area contributed by atoms with Crippen molar-refractivity contribution < 1.29 is 13.2 Å². The van der Waals surface area contributed by atoms with Crippen molar-refractivity contribution in [3.63, 3.8) is 0 Å². The normalized spacial score (nSPS) is 19.4. The number of nitrogens with one attached hydrogen (secondary N) is 1. The predicted octanol–water partition coefficient (Wildman–Crippen LogP) is 1.27. The van der Waals surface area contributed by atoms with Crippen LogP contribution in [-0.2, 0) is 9.84 Å². The number of sulfone groups is 1. The largest absolute Gasteiger partial charge is 0.495 e. The van der Waals surface area contributed by atoms with Gasteiger partial charge in [-0.05, 0) is 25.0 Å². The average Bonchev–Trinajstić information content (AvgIpc) is 2.34. The Morgan fingerprint density at radius 1 is 1.33 bits per heavy atom. The number of anilines is 2. The van der Waals surface area contributed by atoms with E-state index in [1.807, 2.05) is 12.1 Å². The lowest BCUT2D eigenvalue weighted by Gasteiger charge is -2.24. The summed E-state index contributed by atoms with van der Waals surface area (Å²) in [5.41, 5.74) is 7.24. The van der Waals surface area contributed by atoms with Gasteiger partial charge >= 0.3 is 0 Å². The van der Waals surface area contributed by atoms with E-state index in [4.69, 9.17) is 10.5 Å². The molecule has 1 fully saturated rings. The van der Waals surface area contributed by atoms with E-state index in [2.05, 4.69) is 5.32 Å². The van der Waals surface area contributed by atoms with Crippen molar-refractivity contribution in [1.29, 1.82) is 0 Å². The molecule has 100 valence electrons. The van der Waals surface area contributed by atoms with Crippen molar-refractivity contribution in [3.05, 3.63) is 18.2 Å². The summed E-state index contributed by atoms with van der Waals surface area (Å²) in [6.07, 6.45) is 1.30. The predicted molar refractivity (Wildman–Crippen MR) is 72.7 cm³/mol. The van der Waals surface area contributed by atoms with Gasteiger partial charge in [-0.15, -0.1) is 0 Å². The lowest BCUT2D eigenvalue weighted by molar-refractivity contribution is 0.417. The zero-order valence-corrected chi connectivity index (χ0v) is 11.2. The molecule has 0 aliphatic carbocycles. The summed E-state index contributed by atoms with van der Waals surface area (Å²) in [5.74, 6) is 1.15. The van der Waals surface area contributed by atoms with Gasteiger partial charge in [0.2, 0.25) is 0 Å². The van der Waals surface area contributed by atoms with Crippen molar-refractivity contribution in [2.24, 2.45) is 0 Å². The van der Waals surface area contributed by atoms with Crippen LogP contribution in [0.5, 0.6) is 5.75 Å². The third kappa shape index (κ3) is 3.07. The maximum absolute atomic E-state index is 11.3. The number of hydrogen-bond donors (Lipinski definition) is 2.